The van der Waals surface area contributed by atoms with E-state index in [2.05, 4.69) is 15.5 Å². The van der Waals surface area contributed by atoms with Crippen LogP contribution in [0.5, 0.6) is 0 Å². The number of nitrogens with zero attached hydrogens (tertiary/aromatic N) is 3. The van der Waals surface area contributed by atoms with Crippen molar-refractivity contribution in [3.8, 4) is 0 Å². The van der Waals surface area contributed by atoms with Gasteiger partial charge in [-0.05, 0) is 23.3 Å². The molecule has 0 radical (unpaired) electrons. The molecule has 2 N–H and O–H groups in total. The molecule has 8 nitrogen and oxygen atoms in total. The fourth-order valence-corrected chi connectivity index (χ4v) is 5.68. The number of carbonyl (C=O) groups excluding carboxylic acids is 1. The molecule has 1 aliphatic rings. The van der Waals surface area contributed by atoms with E-state index in [9.17, 15) is 31.9 Å². The van der Waals surface area contributed by atoms with Crippen molar-refractivity contribution < 1.29 is 41.3 Å². The number of aromatic nitrogens is 3. The molecule has 3 aromatic carbocycles. The van der Waals surface area contributed by atoms with Gasteiger partial charge in [-0.25, -0.2) is 22.0 Å². The second kappa shape index (κ2) is 12.8. The lowest BCUT2D eigenvalue weighted by Crippen LogP contribution is -2.38. The molecule has 43 heavy (non-hydrogen) atoms. The van der Waals surface area contributed by atoms with Gasteiger partial charge in [0.15, 0.2) is 34.7 Å². The van der Waals surface area contributed by atoms with Crippen molar-refractivity contribution in [3.63, 3.8) is 0 Å². The third-order valence-corrected chi connectivity index (χ3v) is 8.15. The van der Waals surface area contributed by atoms with E-state index in [0.717, 1.165) is 11.1 Å². The monoisotopic (exact) mass is 620 g/mol. The number of amides is 1. The Morgan fingerprint density at radius 3 is 2.28 bits per heavy atom. The van der Waals surface area contributed by atoms with Gasteiger partial charge < -0.3 is 24.5 Å². The first kappa shape index (κ1) is 30.6. The number of aliphatic hydroxyl groups is 1. The van der Waals surface area contributed by atoms with Crippen LogP contribution in [0.15, 0.2) is 60.0 Å². The minimum atomic E-state index is -2.36. The van der Waals surface area contributed by atoms with E-state index >= 15 is 0 Å². The van der Waals surface area contributed by atoms with Crippen molar-refractivity contribution >= 4 is 23.4 Å². The Morgan fingerprint density at radius 2 is 1.65 bits per heavy atom. The molecule has 14 heteroatoms. The zero-order valence-electron chi connectivity index (χ0n) is 22.7. The molecule has 1 amide bonds. The molecule has 0 spiro atoms. The first-order valence-corrected chi connectivity index (χ1v) is 14.0. The Labute approximate surface area is 246 Å². The number of benzene rings is 3. The fourth-order valence-electron chi connectivity index (χ4n) is 4.63. The zero-order chi connectivity index (χ0) is 30.8. The summed E-state index contributed by atoms with van der Waals surface area (Å²) in [6.07, 6.45) is -0.204. The van der Waals surface area contributed by atoms with Crippen LogP contribution in [0.2, 0.25) is 0 Å². The predicted molar refractivity (Wildman–Crippen MR) is 145 cm³/mol. The molecule has 1 aliphatic heterocycles. The van der Waals surface area contributed by atoms with Gasteiger partial charge in [0.25, 0.3) is 5.91 Å². The predicted octanol–water partition coefficient (Wildman–Crippen LogP) is 5.84. The quantitative estimate of drug-likeness (QED) is 0.111. The summed E-state index contributed by atoms with van der Waals surface area (Å²) in [5.74, 6) is -12.5. The van der Waals surface area contributed by atoms with Crippen LogP contribution < -0.4 is 5.32 Å². The van der Waals surface area contributed by atoms with Gasteiger partial charge in [0.1, 0.15) is 11.9 Å². The lowest BCUT2D eigenvalue weighted by molar-refractivity contribution is -0.268. The number of aryl methyl sites for hydroxylation is 1. The third-order valence-electron chi connectivity index (χ3n) is 7.02. The Bertz CT molecular complexity index is 1610. The van der Waals surface area contributed by atoms with Crippen LogP contribution in [0.4, 0.5) is 27.6 Å². The summed E-state index contributed by atoms with van der Waals surface area (Å²) in [5.41, 5.74) is 0.390. The number of thioether (sulfide) groups is 1. The van der Waals surface area contributed by atoms with Gasteiger partial charge in [0, 0.05) is 30.0 Å². The lowest BCUT2D eigenvalue weighted by atomic mass is 9.91. The molecule has 5 rings (SSSR count). The van der Waals surface area contributed by atoms with Gasteiger partial charge in [0.05, 0.1) is 18.8 Å². The highest BCUT2D eigenvalue weighted by Crippen LogP contribution is 2.43. The number of ether oxygens (including phenoxy) is 2. The molecule has 0 bridgehead atoms. The molecule has 1 fully saturated rings. The standard InChI is InChI=1S/C29H25F5N4O4S/c1-14-19(12-43-29-37-35-13-38(29)2)41-28(42-26(14)16-8-6-15(11-39)7-9-16)17-4-3-5-18(10-17)36-27(40)20-21(30)23(32)25(34)24(33)22(20)31/h3-10,13-14,19,26,28,39H,11-12H2,1-2H3,(H,36,40). The van der Waals surface area contributed by atoms with Crippen LogP contribution in [-0.2, 0) is 23.1 Å². The molecule has 2 heterocycles. The highest BCUT2D eigenvalue weighted by molar-refractivity contribution is 7.99. The van der Waals surface area contributed by atoms with Gasteiger partial charge in [-0.2, -0.15) is 0 Å². The van der Waals surface area contributed by atoms with E-state index in [-0.39, 0.29) is 24.3 Å². The molecule has 4 unspecified atom stereocenters. The summed E-state index contributed by atoms with van der Waals surface area (Å²) >= 11 is 1.44. The number of rotatable bonds is 8. The molecule has 1 aromatic heterocycles. The van der Waals surface area contributed by atoms with Crippen molar-refractivity contribution in [2.24, 2.45) is 13.0 Å². The largest absolute Gasteiger partial charge is 0.392 e. The molecule has 0 saturated carbocycles. The average Bonchev–Trinajstić information content (AvgIpc) is 3.43. The van der Waals surface area contributed by atoms with Crippen LogP contribution in [-0.4, -0.2) is 37.6 Å². The van der Waals surface area contributed by atoms with E-state index < -0.39 is 53.0 Å². The summed E-state index contributed by atoms with van der Waals surface area (Å²) < 4.78 is 83.7. The SMILES string of the molecule is CC1C(CSc2nncn2C)OC(c2cccc(NC(=O)c3c(F)c(F)c(F)c(F)c3F)c2)OC1c1ccc(CO)cc1. The van der Waals surface area contributed by atoms with E-state index in [4.69, 9.17) is 9.47 Å². The highest BCUT2D eigenvalue weighted by atomic mass is 32.2. The van der Waals surface area contributed by atoms with Crippen LogP contribution in [0.25, 0.3) is 0 Å². The minimum Gasteiger partial charge on any atom is -0.392 e. The molecular weight excluding hydrogens is 595 g/mol. The normalized spacial score (nSPS) is 20.3. The second-order valence-electron chi connectivity index (χ2n) is 9.88. The topological polar surface area (TPSA) is 98.5 Å². The van der Waals surface area contributed by atoms with Crippen molar-refractivity contribution in [3.05, 3.63) is 106 Å². The Hall–Kier alpha value is -3.85. The third kappa shape index (κ3) is 6.27. The fraction of sp³-hybridized carbons (Fsp3) is 0.276. The van der Waals surface area contributed by atoms with Crippen molar-refractivity contribution in [1.29, 1.82) is 0 Å². The van der Waals surface area contributed by atoms with E-state index in [1.165, 1.54) is 30.0 Å². The average molecular weight is 621 g/mol. The Kier molecular flexibility index (Phi) is 9.11. The minimum absolute atomic E-state index is 0.00567. The van der Waals surface area contributed by atoms with Gasteiger partial charge in [0.2, 0.25) is 5.82 Å². The number of halogens is 5. The number of hydrogen-bond donors (Lipinski definition) is 2. The smallest absolute Gasteiger partial charge is 0.261 e. The Balaban J connectivity index is 1.42. The van der Waals surface area contributed by atoms with Crippen LogP contribution >= 0.6 is 11.8 Å². The molecule has 4 atom stereocenters. The van der Waals surface area contributed by atoms with Crippen LogP contribution in [0.3, 0.4) is 0 Å². The summed E-state index contributed by atoms with van der Waals surface area (Å²) in [6, 6.07) is 13.2. The second-order valence-corrected chi connectivity index (χ2v) is 10.9. The number of anilines is 1. The molecular formula is C29H25F5N4O4S. The first-order chi connectivity index (χ1) is 20.6. The zero-order valence-corrected chi connectivity index (χ0v) is 23.5. The highest BCUT2D eigenvalue weighted by Gasteiger charge is 2.39. The van der Waals surface area contributed by atoms with Gasteiger partial charge in [-0.3, -0.25) is 4.79 Å². The van der Waals surface area contributed by atoms with Crippen molar-refractivity contribution in [2.45, 2.75) is 37.2 Å². The van der Waals surface area contributed by atoms with Crippen molar-refractivity contribution in [1.82, 2.24) is 14.8 Å². The summed E-state index contributed by atoms with van der Waals surface area (Å²) in [4.78, 5) is 12.6. The summed E-state index contributed by atoms with van der Waals surface area (Å²) in [5, 5.41) is 20.3. The van der Waals surface area contributed by atoms with Crippen LogP contribution in [0, 0.1) is 35.0 Å². The number of nitrogens with one attached hydrogen (secondary N) is 1. The lowest BCUT2D eigenvalue weighted by Gasteiger charge is -2.41. The molecule has 4 aromatic rings. The maximum Gasteiger partial charge on any atom is 0.261 e. The Morgan fingerprint density at radius 1 is 0.977 bits per heavy atom. The van der Waals surface area contributed by atoms with E-state index in [1.54, 1.807) is 29.1 Å². The van der Waals surface area contributed by atoms with E-state index in [0.29, 0.717) is 16.5 Å². The van der Waals surface area contributed by atoms with Gasteiger partial charge in [-0.1, -0.05) is 55.1 Å². The van der Waals surface area contributed by atoms with Gasteiger partial charge >= 0.3 is 0 Å². The maximum absolute atomic E-state index is 14.2. The number of hydrogen-bond acceptors (Lipinski definition) is 7. The van der Waals surface area contributed by atoms with Crippen LogP contribution in [0.1, 0.15) is 46.4 Å². The van der Waals surface area contributed by atoms with Gasteiger partial charge in [-0.15, -0.1) is 10.2 Å². The molecule has 226 valence electrons. The van der Waals surface area contributed by atoms with Crippen molar-refractivity contribution in [2.75, 3.05) is 11.1 Å². The summed E-state index contributed by atoms with van der Waals surface area (Å²) in [7, 11) is 1.82. The molecule has 0 aliphatic carbocycles. The number of aliphatic hydroxyl groups excluding tert-OH is 1. The summed E-state index contributed by atoms with van der Waals surface area (Å²) in [6.45, 7) is 1.86. The maximum atomic E-state index is 14.2. The number of carbonyl (C=O) groups is 1. The first-order valence-electron chi connectivity index (χ1n) is 13.0. The van der Waals surface area contributed by atoms with E-state index in [1.807, 2.05) is 26.1 Å². The molecule has 1 saturated heterocycles.